The third-order valence-corrected chi connectivity index (χ3v) is 4.66. The third-order valence-electron chi connectivity index (χ3n) is 3.56. The first-order valence-corrected chi connectivity index (χ1v) is 8.73. The quantitative estimate of drug-likeness (QED) is 0.200. The van der Waals surface area contributed by atoms with E-state index in [2.05, 4.69) is 9.22 Å². The fraction of sp³-hybridized carbons (Fsp3) is 0.538. The average molecular weight is 566 g/mol. The van der Waals surface area contributed by atoms with Gasteiger partial charge in [-0.25, -0.2) is 0 Å². The first kappa shape index (κ1) is 33.0. The van der Waals surface area contributed by atoms with Gasteiger partial charge in [0, 0.05) is 0 Å². The predicted octanol–water partition coefficient (Wildman–Crippen LogP) is 2.77. The molecule has 0 saturated carbocycles. The molecule has 0 amide bonds. The molecule has 1 aromatic rings. The molecule has 0 saturated heterocycles. The second kappa shape index (κ2) is 9.49. The summed E-state index contributed by atoms with van der Waals surface area (Å²) in [5.74, 6) is -41.6. The molecule has 4 nitrogen and oxygen atoms in total. The summed E-state index contributed by atoms with van der Waals surface area (Å²) in [6.07, 6.45) is -15.1. The number of hydrogen-bond donors (Lipinski definition) is 0. The van der Waals surface area contributed by atoms with Gasteiger partial charge in [-0.3, -0.25) is 0 Å². The average Bonchev–Trinajstić information content (AvgIpc) is 2.65. The summed E-state index contributed by atoms with van der Waals surface area (Å²) in [7, 11) is -5.69. The Morgan fingerprint density at radius 2 is 0.941 bits per heavy atom. The van der Waals surface area contributed by atoms with Gasteiger partial charge in [0.1, 0.15) is 0 Å². The molecule has 0 N–H and O–H groups in total. The van der Waals surface area contributed by atoms with Crippen molar-refractivity contribution in [2.75, 3.05) is 0 Å². The summed E-state index contributed by atoms with van der Waals surface area (Å²) in [4.78, 5) is 1.04. The van der Waals surface area contributed by atoms with E-state index in [9.17, 15) is 74.3 Å². The van der Waals surface area contributed by atoms with Crippen LogP contribution in [0.4, 0.5) is 65.9 Å². The van der Waals surface area contributed by atoms with E-state index >= 15 is 0 Å². The number of alkyl halides is 15. The van der Waals surface area contributed by atoms with Crippen molar-refractivity contribution in [3.63, 3.8) is 0 Å². The van der Waals surface area contributed by atoms with Crippen LogP contribution in [0.15, 0.2) is 35.2 Å². The van der Waals surface area contributed by atoms with Gasteiger partial charge in [-0.05, 0) is 12.1 Å². The largest absolute Gasteiger partial charge is 1.00 e. The van der Waals surface area contributed by atoms with Crippen molar-refractivity contribution in [2.45, 2.75) is 46.8 Å². The predicted molar refractivity (Wildman–Crippen MR) is 72.6 cm³/mol. The first-order valence-electron chi connectivity index (χ1n) is 7.32. The summed E-state index contributed by atoms with van der Waals surface area (Å²) >= 11 is 0. The van der Waals surface area contributed by atoms with Crippen LogP contribution in [0.25, 0.3) is 0 Å². The Morgan fingerprint density at radius 3 is 1.32 bits per heavy atom. The zero-order valence-corrected chi connectivity index (χ0v) is 18.4. The summed E-state index contributed by atoms with van der Waals surface area (Å²) in [6, 6.07) is 3.85. The van der Waals surface area contributed by atoms with Crippen molar-refractivity contribution >= 4 is 10.1 Å². The van der Waals surface area contributed by atoms with Gasteiger partial charge in [-0.15, -0.1) is 4.89 Å². The molecule has 0 spiro atoms. The van der Waals surface area contributed by atoms with Crippen LogP contribution in [-0.2, 0) is 19.3 Å². The molecule has 0 aliphatic heterocycles. The minimum absolute atomic E-state index is 0. The fourth-order valence-corrected chi connectivity index (χ4v) is 2.46. The smallest absolute Gasteiger partial charge is 1.00 e. The minimum Gasteiger partial charge on any atom is -1.00 e. The zero-order valence-electron chi connectivity index (χ0n) is 16.6. The number of hydrogen-bond acceptors (Lipinski definition) is 4. The van der Waals surface area contributed by atoms with Crippen LogP contribution >= 0.6 is 0 Å². The monoisotopic (exact) mass is 566 g/mol. The van der Waals surface area contributed by atoms with Gasteiger partial charge in [0.25, 0.3) is 0 Å². The van der Waals surface area contributed by atoms with Crippen LogP contribution in [0.2, 0.25) is 0 Å². The molecule has 0 aliphatic carbocycles. The normalized spacial score (nSPS) is 15.1. The Morgan fingerprint density at radius 1 is 0.588 bits per heavy atom. The van der Waals surface area contributed by atoms with Crippen molar-refractivity contribution in [1.29, 1.82) is 0 Å². The Bertz CT molecular complexity index is 953. The molecule has 0 atom stereocenters. The SMILES string of the molecule is O=S(=O)(OOC(F)(F)C(F)(F)C(F)(F)C(F)(F)C(F)(F)C(F)(F)C(F)(F)F)c1ccccc1.[H-].[Na+]. The van der Waals surface area contributed by atoms with Crippen molar-refractivity contribution < 1.29 is 114 Å². The maximum atomic E-state index is 13.4. The number of rotatable bonds is 9. The van der Waals surface area contributed by atoms with Crippen LogP contribution in [-0.4, -0.2) is 50.3 Å². The van der Waals surface area contributed by atoms with Crippen LogP contribution < -0.4 is 29.6 Å². The maximum absolute atomic E-state index is 13.4. The Kier molecular flexibility index (Phi) is 9.22. The summed E-state index contributed by atoms with van der Waals surface area (Å²) < 4.78 is 220. The second-order valence-corrected chi connectivity index (χ2v) is 7.32. The second-order valence-electron chi connectivity index (χ2n) is 5.81. The van der Waals surface area contributed by atoms with Gasteiger partial charge >= 0.3 is 81.6 Å². The van der Waals surface area contributed by atoms with Gasteiger partial charge in [0.2, 0.25) is 0 Å². The molecule has 0 heterocycles. The molecule has 34 heavy (non-hydrogen) atoms. The van der Waals surface area contributed by atoms with E-state index in [4.69, 9.17) is 0 Å². The minimum atomic E-state index is -8.53. The van der Waals surface area contributed by atoms with Crippen molar-refractivity contribution in [1.82, 2.24) is 0 Å². The van der Waals surface area contributed by atoms with E-state index in [1.54, 1.807) is 0 Å². The maximum Gasteiger partial charge on any atom is 1.00 e. The molecule has 1 aromatic carbocycles. The van der Waals surface area contributed by atoms with E-state index in [-0.39, 0.29) is 31.0 Å². The topological polar surface area (TPSA) is 52.6 Å². The first-order chi connectivity index (χ1) is 14.3. The molecule has 0 radical (unpaired) electrons. The van der Waals surface area contributed by atoms with E-state index in [1.807, 2.05) is 0 Å². The van der Waals surface area contributed by atoms with Crippen LogP contribution in [0.5, 0.6) is 0 Å². The molecule has 0 unspecified atom stereocenters. The standard InChI is InChI=1S/C13H5F15O4S.Na.H/c14-7(15,8(16,17)10(20,21)12(24,25)26)9(18,19)11(22,23)13(27,28)31-32-33(29,30)6-4-2-1-3-5-6;;/h1-5H;;/q;+1;-1. The van der Waals surface area contributed by atoms with Gasteiger partial charge in [-0.2, -0.15) is 74.3 Å². The van der Waals surface area contributed by atoms with Crippen LogP contribution in [0.3, 0.4) is 0 Å². The fourth-order valence-electron chi connectivity index (χ4n) is 1.72. The van der Waals surface area contributed by atoms with E-state index in [0.29, 0.717) is 12.1 Å². The molecule has 0 fully saturated rings. The summed E-state index contributed by atoms with van der Waals surface area (Å²) in [5, 5.41) is 0. The molecular formula is C13H6F15NaO4S. The van der Waals surface area contributed by atoms with Gasteiger partial charge in [0.15, 0.2) is 0 Å². The van der Waals surface area contributed by atoms with Crippen molar-refractivity contribution in [3.05, 3.63) is 30.3 Å². The van der Waals surface area contributed by atoms with E-state index in [1.165, 1.54) is 0 Å². The molecular weight excluding hydrogens is 560 g/mol. The Hall–Kier alpha value is -0.960. The van der Waals surface area contributed by atoms with Crippen molar-refractivity contribution in [2.24, 2.45) is 0 Å². The third kappa shape index (κ3) is 5.11. The number of benzene rings is 1. The molecule has 0 aromatic heterocycles. The van der Waals surface area contributed by atoms with Gasteiger partial charge < -0.3 is 1.43 Å². The van der Waals surface area contributed by atoms with Crippen LogP contribution in [0.1, 0.15) is 1.43 Å². The summed E-state index contributed by atoms with van der Waals surface area (Å²) in [6.45, 7) is 0. The molecule has 194 valence electrons. The summed E-state index contributed by atoms with van der Waals surface area (Å²) in [5.41, 5.74) is 0. The van der Waals surface area contributed by atoms with E-state index in [0.717, 1.165) is 18.2 Å². The zero-order chi connectivity index (χ0) is 26.5. The van der Waals surface area contributed by atoms with Crippen LogP contribution in [0, 0.1) is 0 Å². The molecule has 0 bridgehead atoms. The number of halogens is 15. The molecule has 21 heteroatoms. The molecule has 1 rings (SSSR count). The van der Waals surface area contributed by atoms with Gasteiger partial charge in [0.05, 0.1) is 4.90 Å². The molecule has 0 aliphatic rings. The van der Waals surface area contributed by atoms with Crippen molar-refractivity contribution in [3.8, 4) is 0 Å². The Balaban J connectivity index is 0. The Labute approximate surface area is 201 Å². The van der Waals surface area contributed by atoms with Gasteiger partial charge in [-0.1, -0.05) is 22.5 Å². The van der Waals surface area contributed by atoms with E-state index < -0.39 is 56.9 Å².